The number of hydrogen-bond donors (Lipinski definition) is 1. The van der Waals surface area contributed by atoms with Crippen LogP contribution in [0.3, 0.4) is 0 Å². The molecule has 84 valence electrons. The number of imidazole rings is 1. The Morgan fingerprint density at radius 1 is 1.38 bits per heavy atom. The van der Waals surface area contributed by atoms with Crippen molar-refractivity contribution in [3.8, 4) is 11.6 Å². The van der Waals surface area contributed by atoms with E-state index in [0.717, 1.165) is 23.8 Å². The van der Waals surface area contributed by atoms with Gasteiger partial charge in [-0.2, -0.15) is 0 Å². The highest BCUT2D eigenvalue weighted by atomic mass is 15.1. The zero-order valence-corrected chi connectivity index (χ0v) is 9.73. The van der Waals surface area contributed by atoms with Crippen LogP contribution in [0, 0.1) is 6.92 Å². The summed E-state index contributed by atoms with van der Waals surface area (Å²) in [6, 6.07) is 1.98. The largest absolute Gasteiger partial charge is 0.331 e. The van der Waals surface area contributed by atoms with Gasteiger partial charge in [0, 0.05) is 31.7 Å². The van der Waals surface area contributed by atoms with E-state index < -0.39 is 0 Å². The molecule has 0 bridgehead atoms. The first-order valence-electron chi connectivity index (χ1n) is 5.17. The minimum absolute atomic E-state index is 0.678. The quantitative estimate of drug-likeness (QED) is 0.830. The average molecular weight is 217 g/mol. The lowest BCUT2D eigenvalue weighted by atomic mass is 10.3. The smallest absolute Gasteiger partial charge is 0.196 e. The van der Waals surface area contributed by atoms with Crippen LogP contribution in [0.25, 0.3) is 11.6 Å². The Morgan fingerprint density at radius 2 is 2.19 bits per heavy atom. The van der Waals surface area contributed by atoms with E-state index in [0.29, 0.717) is 5.82 Å². The molecule has 2 aromatic rings. The van der Waals surface area contributed by atoms with Crippen molar-refractivity contribution in [2.75, 3.05) is 7.05 Å². The lowest BCUT2D eigenvalue weighted by Crippen LogP contribution is -2.09. The SMILES string of the molecule is CNCc1cc(C)nc(-c2nccn2C)n1. The standard InChI is InChI=1S/C11H15N5/c1-8-6-9(7-12-2)15-10(14-8)11-13-4-5-16(11)3/h4-6,12H,7H2,1-3H3. The number of nitrogens with zero attached hydrogens (tertiary/aromatic N) is 4. The Hall–Kier alpha value is -1.75. The van der Waals surface area contributed by atoms with Crippen LogP contribution in [0.1, 0.15) is 11.4 Å². The Bertz CT molecular complexity index is 489. The fourth-order valence-corrected chi connectivity index (χ4v) is 1.59. The monoisotopic (exact) mass is 217 g/mol. The van der Waals surface area contributed by atoms with Crippen molar-refractivity contribution < 1.29 is 0 Å². The van der Waals surface area contributed by atoms with Gasteiger partial charge in [-0.05, 0) is 20.0 Å². The molecule has 2 aromatic heterocycles. The van der Waals surface area contributed by atoms with Crippen molar-refractivity contribution in [2.24, 2.45) is 7.05 Å². The first-order chi connectivity index (χ1) is 7.70. The predicted molar refractivity (Wildman–Crippen MR) is 61.7 cm³/mol. The number of aromatic nitrogens is 4. The van der Waals surface area contributed by atoms with E-state index in [4.69, 9.17) is 0 Å². The van der Waals surface area contributed by atoms with Gasteiger partial charge in [0.05, 0.1) is 5.69 Å². The maximum atomic E-state index is 4.47. The van der Waals surface area contributed by atoms with Gasteiger partial charge in [0.25, 0.3) is 0 Å². The van der Waals surface area contributed by atoms with Gasteiger partial charge >= 0.3 is 0 Å². The van der Waals surface area contributed by atoms with Gasteiger partial charge in [-0.3, -0.25) is 0 Å². The summed E-state index contributed by atoms with van der Waals surface area (Å²) in [6.45, 7) is 2.70. The maximum absolute atomic E-state index is 4.47. The Balaban J connectivity index is 2.45. The normalized spacial score (nSPS) is 10.7. The Morgan fingerprint density at radius 3 is 2.81 bits per heavy atom. The molecule has 0 aromatic carbocycles. The number of hydrogen-bond acceptors (Lipinski definition) is 4. The van der Waals surface area contributed by atoms with Gasteiger partial charge in [-0.15, -0.1) is 0 Å². The molecule has 0 saturated heterocycles. The summed E-state index contributed by atoms with van der Waals surface area (Å²) in [4.78, 5) is 13.1. The van der Waals surface area contributed by atoms with Crippen molar-refractivity contribution in [1.82, 2.24) is 24.8 Å². The molecule has 0 aliphatic rings. The second kappa shape index (κ2) is 4.40. The highest BCUT2D eigenvalue weighted by Gasteiger charge is 2.08. The summed E-state index contributed by atoms with van der Waals surface area (Å²) in [5.41, 5.74) is 1.94. The molecule has 0 amide bonds. The van der Waals surface area contributed by atoms with Crippen LogP contribution in [-0.4, -0.2) is 26.6 Å². The second-order valence-corrected chi connectivity index (χ2v) is 3.72. The van der Waals surface area contributed by atoms with Crippen LogP contribution in [0.4, 0.5) is 0 Å². The minimum atomic E-state index is 0.678. The maximum Gasteiger partial charge on any atom is 0.196 e. The molecule has 0 atom stereocenters. The van der Waals surface area contributed by atoms with E-state index in [1.54, 1.807) is 6.20 Å². The number of nitrogens with one attached hydrogen (secondary N) is 1. The van der Waals surface area contributed by atoms with Gasteiger partial charge in [0.15, 0.2) is 11.6 Å². The molecule has 5 heteroatoms. The van der Waals surface area contributed by atoms with Gasteiger partial charge < -0.3 is 9.88 Å². The molecule has 1 N–H and O–H groups in total. The molecule has 16 heavy (non-hydrogen) atoms. The lowest BCUT2D eigenvalue weighted by molar-refractivity contribution is 0.781. The Labute approximate surface area is 94.6 Å². The van der Waals surface area contributed by atoms with Crippen molar-refractivity contribution in [1.29, 1.82) is 0 Å². The lowest BCUT2D eigenvalue weighted by Gasteiger charge is -2.05. The second-order valence-electron chi connectivity index (χ2n) is 3.72. The molecule has 2 heterocycles. The van der Waals surface area contributed by atoms with Gasteiger partial charge in [-0.25, -0.2) is 15.0 Å². The fraction of sp³-hybridized carbons (Fsp3) is 0.364. The molecule has 0 aliphatic heterocycles. The van der Waals surface area contributed by atoms with Gasteiger partial charge in [-0.1, -0.05) is 0 Å². The molecule has 5 nitrogen and oxygen atoms in total. The van der Waals surface area contributed by atoms with Crippen LogP contribution in [0.15, 0.2) is 18.5 Å². The minimum Gasteiger partial charge on any atom is -0.331 e. The summed E-state index contributed by atoms with van der Waals surface area (Å²) in [7, 11) is 3.84. The molecule has 2 rings (SSSR count). The fourth-order valence-electron chi connectivity index (χ4n) is 1.59. The van der Waals surface area contributed by atoms with Crippen molar-refractivity contribution in [3.63, 3.8) is 0 Å². The third-order valence-corrected chi connectivity index (χ3v) is 2.29. The first-order valence-corrected chi connectivity index (χ1v) is 5.17. The third kappa shape index (κ3) is 2.09. The van der Waals surface area contributed by atoms with E-state index in [9.17, 15) is 0 Å². The molecule has 0 radical (unpaired) electrons. The molecular weight excluding hydrogens is 202 g/mol. The van der Waals surface area contributed by atoms with Crippen molar-refractivity contribution in [2.45, 2.75) is 13.5 Å². The van der Waals surface area contributed by atoms with Crippen LogP contribution in [0.5, 0.6) is 0 Å². The van der Waals surface area contributed by atoms with Crippen molar-refractivity contribution in [3.05, 3.63) is 29.8 Å². The third-order valence-electron chi connectivity index (χ3n) is 2.29. The van der Waals surface area contributed by atoms with Gasteiger partial charge in [0.2, 0.25) is 0 Å². The van der Waals surface area contributed by atoms with Crippen LogP contribution in [0.2, 0.25) is 0 Å². The topological polar surface area (TPSA) is 55.6 Å². The summed E-state index contributed by atoms with van der Waals surface area (Å²) in [6.07, 6.45) is 3.64. The number of aryl methyl sites for hydroxylation is 2. The predicted octanol–water partition coefficient (Wildman–Crippen LogP) is 0.905. The molecule has 0 fully saturated rings. The van der Waals surface area contributed by atoms with E-state index in [1.807, 2.05) is 37.8 Å². The van der Waals surface area contributed by atoms with E-state index in [1.165, 1.54) is 0 Å². The molecule has 0 unspecified atom stereocenters. The van der Waals surface area contributed by atoms with Crippen LogP contribution in [-0.2, 0) is 13.6 Å². The summed E-state index contributed by atoms with van der Waals surface area (Å²) in [5.74, 6) is 1.47. The molecule has 0 aliphatic carbocycles. The Kier molecular flexibility index (Phi) is 2.96. The molecule has 0 spiro atoms. The average Bonchev–Trinajstić information content (AvgIpc) is 2.64. The van der Waals surface area contributed by atoms with E-state index in [-0.39, 0.29) is 0 Å². The van der Waals surface area contributed by atoms with Crippen LogP contribution < -0.4 is 5.32 Å². The summed E-state index contributed by atoms with van der Waals surface area (Å²) in [5, 5.41) is 3.08. The zero-order valence-electron chi connectivity index (χ0n) is 9.73. The van der Waals surface area contributed by atoms with Crippen LogP contribution >= 0.6 is 0 Å². The molecular formula is C11H15N5. The molecule has 0 saturated carbocycles. The first kappa shape index (κ1) is 10.8. The highest BCUT2D eigenvalue weighted by Crippen LogP contribution is 2.12. The van der Waals surface area contributed by atoms with E-state index in [2.05, 4.69) is 20.3 Å². The zero-order chi connectivity index (χ0) is 11.5. The van der Waals surface area contributed by atoms with Gasteiger partial charge in [0.1, 0.15) is 0 Å². The number of rotatable bonds is 3. The summed E-state index contributed by atoms with van der Waals surface area (Å²) >= 11 is 0. The summed E-state index contributed by atoms with van der Waals surface area (Å²) < 4.78 is 1.91. The highest BCUT2D eigenvalue weighted by molar-refractivity contribution is 5.44. The van der Waals surface area contributed by atoms with E-state index >= 15 is 0 Å². The van der Waals surface area contributed by atoms with Crippen molar-refractivity contribution >= 4 is 0 Å².